The van der Waals surface area contributed by atoms with Crippen molar-refractivity contribution in [1.29, 1.82) is 0 Å². The molecule has 0 aliphatic carbocycles. The topological polar surface area (TPSA) is 67.2 Å². The molecule has 0 spiro atoms. The fourth-order valence-corrected chi connectivity index (χ4v) is 2.80. The van der Waals surface area contributed by atoms with Crippen LogP contribution in [0.2, 0.25) is 5.02 Å². The van der Waals surface area contributed by atoms with E-state index in [0.717, 1.165) is 11.1 Å². The molecule has 0 atom stereocenters. The second kappa shape index (κ2) is 8.36. The normalized spacial score (nSPS) is 10.3. The molecule has 0 aliphatic rings. The van der Waals surface area contributed by atoms with E-state index in [2.05, 4.69) is 10.6 Å². The summed E-state index contributed by atoms with van der Waals surface area (Å²) in [5, 5.41) is 18.1. The summed E-state index contributed by atoms with van der Waals surface area (Å²) in [6, 6.07) is 22.7. The lowest BCUT2D eigenvalue weighted by atomic mass is 10.2. The number of hydrogen-bond donors (Lipinski definition) is 2. The van der Waals surface area contributed by atoms with Crippen molar-refractivity contribution in [2.45, 2.75) is 13.1 Å². The highest BCUT2D eigenvalue weighted by atomic mass is 35.5. The van der Waals surface area contributed by atoms with Crippen LogP contribution in [0.25, 0.3) is 0 Å². The van der Waals surface area contributed by atoms with Gasteiger partial charge in [-0.1, -0.05) is 72.3 Å². The van der Waals surface area contributed by atoms with E-state index < -0.39 is 4.92 Å². The SMILES string of the molecule is O=[N+]([O-])c1cc(Cl)c(NCc2ccccc2)cc1NCc1ccccc1. The van der Waals surface area contributed by atoms with Gasteiger partial charge in [-0.15, -0.1) is 0 Å². The molecule has 26 heavy (non-hydrogen) atoms. The molecule has 0 saturated heterocycles. The van der Waals surface area contributed by atoms with Gasteiger partial charge < -0.3 is 10.6 Å². The Morgan fingerprint density at radius 2 is 1.31 bits per heavy atom. The van der Waals surface area contributed by atoms with Gasteiger partial charge in [0.05, 0.1) is 15.6 Å². The summed E-state index contributed by atoms with van der Waals surface area (Å²) in [5.41, 5.74) is 3.17. The van der Waals surface area contributed by atoms with Crippen molar-refractivity contribution in [3.8, 4) is 0 Å². The minimum atomic E-state index is -0.430. The van der Waals surface area contributed by atoms with E-state index >= 15 is 0 Å². The highest BCUT2D eigenvalue weighted by Gasteiger charge is 2.17. The molecule has 5 nitrogen and oxygen atoms in total. The lowest BCUT2D eigenvalue weighted by molar-refractivity contribution is -0.383. The van der Waals surface area contributed by atoms with Gasteiger partial charge in [0.25, 0.3) is 5.69 Å². The predicted molar refractivity (Wildman–Crippen MR) is 106 cm³/mol. The number of nitrogens with one attached hydrogen (secondary N) is 2. The molecule has 0 heterocycles. The van der Waals surface area contributed by atoms with Crippen molar-refractivity contribution in [2.75, 3.05) is 10.6 Å². The lowest BCUT2D eigenvalue weighted by Crippen LogP contribution is -2.05. The Morgan fingerprint density at radius 3 is 1.81 bits per heavy atom. The first-order chi connectivity index (χ1) is 12.6. The molecule has 0 fully saturated rings. The first-order valence-electron chi connectivity index (χ1n) is 8.17. The Hall–Kier alpha value is -3.05. The molecule has 3 aromatic carbocycles. The van der Waals surface area contributed by atoms with Gasteiger partial charge in [-0.05, 0) is 17.2 Å². The Labute approximate surface area is 156 Å². The molecule has 6 heteroatoms. The van der Waals surface area contributed by atoms with Gasteiger partial charge in [-0.25, -0.2) is 0 Å². The molecule has 3 rings (SSSR count). The van der Waals surface area contributed by atoms with Gasteiger partial charge in [0, 0.05) is 19.2 Å². The summed E-state index contributed by atoms with van der Waals surface area (Å²) < 4.78 is 0. The molecule has 0 saturated carbocycles. The van der Waals surface area contributed by atoms with Crippen molar-refractivity contribution >= 4 is 28.7 Å². The van der Waals surface area contributed by atoms with Crippen molar-refractivity contribution < 1.29 is 4.92 Å². The number of halogens is 1. The standard InChI is InChI=1S/C20H18ClN3O2/c21-17-11-20(24(25)26)19(23-14-16-9-5-2-6-10-16)12-18(17)22-13-15-7-3-1-4-8-15/h1-12,22-23H,13-14H2. The second-order valence-corrected chi connectivity index (χ2v) is 6.19. The fourth-order valence-electron chi connectivity index (χ4n) is 2.58. The van der Waals surface area contributed by atoms with Gasteiger partial charge in [0.2, 0.25) is 0 Å². The summed E-state index contributed by atoms with van der Waals surface area (Å²) in [7, 11) is 0. The van der Waals surface area contributed by atoms with E-state index in [1.807, 2.05) is 60.7 Å². The zero-order chi connectivity index (χ0) is 18.4. The van der Waals surface area contributed by atoms with Crippen LogP contribution in [0.4, 0.5) is 17.1 Å². The van der Waals surface area contributed by atoms with Crippen molar-refractivity contribution in [3.05, 3.63) is 99.1 Å². The van der Waals surface area contributed by atoms with Gasteiger partial charge in [0.15, 0.2) is 0 Å². The fraction of sp³-hybridized carbons (Fsp3) is 0.100. The quantitative estimate of drug-likeness (QED) is 0.429. The molecule has 3 aromatic rings. The van der Waals surface area contributed by atoms with Crippen LogP contribution >= 0.6 is 11.6 Å². The molecular weight excluding hydrogens is 350 g/mol. The summed E-state index contributed by atoms with van der Waals surface area (Å²) >= 11 is 6.23. The largest absolute Gasteiger partial charge is 0.380 e. The lowest BCUT2D eigenvalue weighted by Gasteiger charge is -2.13. The Bertz CT molecular complexity index is 886. The van der Waals surface area contributed by atoms with E-state index in [9.17, 15) is 10.1 Å². The van der Waals surface area contributed by atoms with Crippen LogP contribution in [0.5, 0.6) is 0 Å². The maximum atomic E-state index is 11.4. The minimum Gasteiger partial charge on any atom is -0.380 e. The second-order valence-electron chi connectivity index (χ2n) is 5.78. The van der Waals surface area contributed by atoms with E-state index in [-0.39, 0.29) is 5.69 Å². The summed E-state index contributed by atoms with van der Waals surface area (Å²) in [4.78, 5) is 10.9. The van der Waals surface area contributed by atoms with Crippen LogP contribution in [0.1, 0.15) is 11.1 Å². The maximum absolute atomic E-state index is 11.4. The number of anilines is 2. The number of rotatable bonds is 7. The van der Waals surface area contributed by atoms with Crippen LogP contribution in [-0.4, -0.2) is 4.92 Å². The number of hydrogen-bond acceptors (Lipinski definition) is 4. The summed E-state index contributed by atoms with van der Waals surface area (Å²) in [6.07, 6.45) is 0. The van der Waals surface area contributed by atoms with Crippen molar-refractivity contribution in [3.63, 3.8) is 0 Å². The van der Waals surface area contributed by atoms with E-state index in [4.69, 9.17) is 11.6 Å². The molecule has 0 unspecified atom stereocenters. The smallest absolute Gasteiger partial charge is 0.293 e. The van der Waals surface area contributed by atoms with Crippen molar-refractivity contribution in [1.82, 2.24) is 0 Å². The molecule has 0 radical (unpaired) electrons. The molecule has 0 aromatic heterocycles. The third-order valence-corrected chi connectivity index (χ3v) is 4.25. The van der Waals surface area contributed by atoms with E-state index in [1.54, 1.807) is 6.07 Å². The highest BCUT2D eigenvalue weighted by molar-refractivity contribution is 6.33. The Kier molecular flexibility index (Phi) is 5.71. The van der Waals surface area contributed by atoms with E-state index in [1.165, 1.54) is 6.07 Å². The highest BCUT2D eigenvalue weighted by Crippen LogP contribution is 2.35. The molecule has 132 valence electrons. The van der Waals surface area contributed by atoms with Gasteiger partial charge in [-0.2, -0.15) is 0 Å². The van der Waals surface area contributed by atoms with Crippen LogP contribution in [0.3, 0.4) is 0 Å². The third kappa shape index (κ3) is 4.52. The first kappa shape index (κ1) is 17.8. The van der Waals surface area contributed by atoms with E-state index in [0.29, 0.717) is 29.5 Å². The van der Waals surface area contributed by atoms with Crippen LogP contribution in [-0.2, 0) is 13.1 Å². The average molecular weight is 368 g/mol. The predicted octanol–water partition coefficient (Wildman–Crippen LogP) is 5.47. The Balaban J connectivity index is 1.80. The molecule has 0 amide bonds. The Morgan fingerprint density at radius 1 is 0.808 bits per heavy atom. The molecule has 0 aliphatic heterocycles. The summed E-state index contributed by atoms with van der Waals surface area (Å²) in [5.74, 6) is 0. The summed E-state index contributed by atoms with van der Waals surface area (Å²) in [6.45, 7) is 1.07. The van der Waals surface area contributed by atoms with Gasteiger partial charge >= 0.3 is 0 Å². The average Bonchev–Trinajstić information content (AvgIpc) is 2.67. The minimum absolute atomic E-state index is 0.0452. The monoisotopic (exact) mass is 367 g/mol. The number of nitro groups is 1. The number of nitrogens with zero attached hydrogens (tertiary/aromatic N) is 1. The number of nitro benzene ring substituents is 1. The molecular formula is C20H18ClN3O2. The van der Waals surface area contributed by atoms with Crippen LogP contribution < -0.4 is 10.6 Å². The third-order valence-electron chi connectivity index (χ3n) is 3.93. The zero-order valence-electron chi connectivity index (χ0n) is 14.0. The first-order valence-corrected chi connectivity index (χ1v) is 8.55. The van der Waals surface area contributed by atoms with Crippen molar-refractivity contribution in [2.24, 2.45) is 0 Å². The van der Waals surface area contributed by atoms with Crippen LogP contribution in [0, 0.1) is 10.1 Å². The molecule has 0 bridgehead atoms. The van der Waals surface area contributed by atoms with Gasteiger partial charge in [-0.3, -0.25) is 10.1 Å². The zero-order valence-corrected chi connectivity index (χ0v) is 14.7. The van der Waals surface area contributed by atoms with Gasteiger partial charge in [0.1, 0.15) is 5.69 Å². The van der Waals surface area contributed by atoms with Crippen LogP contribution in [0.15, 0.2) is 72.8 Å². The number of benzene rings is 3. The maximum Gasteiger partial charge on any atom is 0.293 e. The molecule has 2 N–H and O–H groups in total.